The largest absolute Gasteiger partial charge is 0.235 e. The van der Waals surface area contributed by atoms with Crippen LogP contribution < -0.4 is 0 Å². The van der Waals surface area contributed by atoms with Crippen molar-refractivity contribution < 1.29 is 0 Å². The van der Waals surface area contributed by atoms with Crippen LogP contribution in [0.25, 0.3) is 21.5 Å². The molecule has 0 N–H and O–H groups in total. The summed E-state index contributed by atoms with van der Waals surface area (Å²) in [6.07, 6.45) is 1.63. The fraction of sp³-hybridized carbons (Fsp3) is 0.0769. The second kappa shape index (κ2) is 3.68. The first-order valence-electron chi connectivity index (χ1n) is 5.10. The normalized spacial score (nSPS) is 10.8. The number of benzene rings is 1. The number of aryl methyl sites for hydroxylation is 1. The molecule has 0 aliphatic rings. The lowest BCUT2D eigenvalue weighted by molar-refractivity contribution is 1.23. The smallest absolute Gasteiger partial charge is 0.116 e. The van der Waals surface area contributed by atoms with Gasteiger partial charge in [-0.15, -0.1) is 11.3 Å². The number of fused-ring (bicyclic) bond motifs is 1. The van der Waals surface area contributed by atoms with Crippen molar-refractivity contribution in [1.82, 2.24) is 9.97 Å². The summed E-state index contributed by atoms with van der Waals surface area (Å²) < 4.78 is 1.16. The van der Waals surface area contributed by atoms with E-state index < -0.39 is 0 Å². The summed E-state index contributed by atoms with van der Waals surface area (Å²) in [5, 5.41) is 2.05. The highest BCUT2D eigenvalue weighted by Gasteiger charge is 2.06. The van der Waals surface area contributed by atoms with Gasteiger partial charge in [-0.2, -0.15) is 0 Å². The second-order valence-corrected chi connectivity index (χ2v) is 4.64. The van der Waals surface area contributed by atoms with Crippen molar-refractivity contribution in [2.75, 3.05) is 0 Å². The van der Waals surface area contributed by atoms with Crippen LogP contribution in [0.3, 0.4) is 0 Å². The third-order valence-corrected chi connectivity index (χ3v) is 3.48. The monoisotopic (exact) mass is 226 g/mol. The first-order chi connectivity index (χ1) is 7.84. The highest BCUT2D eigenvalue weighted by atomic mass is 32.1. The predicted molar refractivity (Wildman–Crippen MR) is 67.6 cm³/mol. The first-order valence-corrected chi connectivity index (χ1v) is 5.98. The van der Waals surface area contributed by atoms with Crippen LogP contribution in [0.5, 0.6) is 0 Å². The van der Waals surface area contributed by atoms with Gasteiger partial charge in [-0.3, -0.25) is 0 Å². The summed E-state index contributed by atoms with van der Waals surface area (Å²) >= 11 is 1.69. The molecular formula is C13H10N2S. The second-order valence-electron chi connectivity index (χ2n) is 3.72. The van der Waals surface area contributed by atoms with Crippen LogP contribution in [0.1, 0.15) is 5.56 Å². The summed E-state index contributed by atoms with van der Waals surface area (Å²) in [7, 11) is 0. The van der Waals surface area contributed by atoms with E-state index in [1.807, 2.05) is 6.07 Å². The minimum Gasteiger partial charge on any atom is -0.235 e. The van der Waals surface area contributed by atoms with Crippen LogP contribution in [-0.2, 0) is 0 Å². The van der Waals surface area contributed by atoms with Gasteiger partial charge in [0.05, 0.1) is 15.9 Å². The Kier molecular flexibility index (Phi) is 2.18. The molecule has 0 spiro atoms. The molecule has 0 bridgehead atoms. The Morgan fingerprint density at radius 3 is 2.62 bits per heavy atom. The van der Waals surface area contributed by atoms with Gasteiger partial charge in [0, 0.05) is 5.56 Å². The Bertz CT molecular complexity index is 626. The average Bonchev–Trinajstić information content (AvgIpc) is 2.78. The van der Waals surface area contributed by atoms with E-state index in [1.165, 1.54) is 5.56 Å². The number of hydrogen-bond donors (Lipinski definition) is 0. The first kappa shape index (κ1) is 9.48. The highest BCUT2D eigenvalue weighted by molar-refractivity contribution is 7.17. The Labute approximate surface area is 97.6 Å². The van der Waals surface area contributed by atoms with Crippen LogP contribution in [0, 0.1) is 6.92 Å². The molecule has 0 saturated carbocycles. The Hall–Kier alpha value is -1.74. The van der Waals surface area contributed by atoms with Gasteiger partial charge < -0.3 is 0 Å². The minimum absolute atomic E-state index is 1.02. The van der Waals surface area contributed by atoms with Gasteiger partial charge in [0.1, 0.15) is 6.33 Å². The SMILES string of the molecule is Cc1ccc(-c2ncnc3ccsc23)cc1. The summed E-state index contributed by atoms with van der Waals surface area (Å²) in [5.74, 6) is 0. The molecule has 0 unspecified atom stereocenters. The molecule has 0 saturated heterocycles. The molecule has 0 amide bonds. The van der Waals surface area contributed by atoms with Gasteiger partial charge in [0.2, 0.25) is 0 Å². The molecule has 16 heavy (non-hydrogen) atoms. The van der Waals surface area contributed by atoms with E-state index in [1.54, 1.807) is 17.7 Å². The van der Waals surface area contributed by atoms with Gasteiger partial charge in [0.15, 0.2) is 0 Å². The molecular weight excluding hydrogens is 216 g/mol. The quantitative estimate of drug-likeness (QED) is 0.632. The third-order valence-electron chi connectivity index (χ3n) is 2.57. The zero-order valence-corrected chi connectivity index (χ0v) is 9.66. The number of thiophene rings is 1. The van der Waals surface area contributed by atoms with Crippen molar-refractivity contribution in [3.8, 4) is 11.3 Å². The van der Waals surface area contributed by atoms with E-state index in [0.717, 1.165) is 21.5 Å². The molecule has 3 aromatic rings. The molecule has 2 heterocycles. The van der Waals surface area contributed by atoms with Crippen molar-refractivity contribution in [1.29, 1.82) is 0 Å². The van der Waals surface area contributed by atoms with Crippen molar-refractivity contribution in [2.45, 2.75) is 6.92 Å². The highest BCUT2D eigenvalue weighted by Crippen LogP contribution is 2.29. The molecule has 1 aromatic carbocycles. The van der Waals surface area contributed by atoms with Gasteiger partial charge in [-0.1, -0.05) is 29.8 Å². The fourth-order valence-corrected chi connectivity index (χ4v) is 2.56. The van der Waals surface area contributed by atoms with E-state index in [9.17, 15) is 0 Å². The Balaban J connectivity index is 2.25. The molecule has 0 aliphatic carbocycles. The van der Waals surface area contributed by atoms with Crippen LogP contribution >= 0.6 is 11.3 Å². The van der Waals surface area contributed by atoms with Crippen molar-refractivity contribution in [3.05, 3.63) is 47.6 Å². The van der Waals surface area contributed by atoms with Crippen LogP contribution in [-0.4, -0.2) is 9.97 Å². The number of rotatable bonds is 1. The average molecular weight is 226 g/mol. The van der Waals surface area contributed by atoms with Crippen LogP contribution in [0.2, 0.25) is 0 Å². The predicted octanol–water partition coefficient (Wildman–Crippen LogP) is 3.67. The summed E-state index contributed by atoms with van der Waals surface area (Å²) in [6, 6.07) is 10.5. The van der Waals surface area contributed by atoms with E-state index in [4.69, 9.17) is 0 Å². The standard InChI is InChI=1S/C13H10N2S/c1-9-2-4-10(5-3-9)12-13-11(6-7-16-13)14-8-15-12/h2-8H,1H3. The maximum atomic E-state index is 4.38. The zero-order valence-electron chi connectivity index (χ0n) is 8.84. The lowest BCUT2D eigenvalue weighted by Gasteiger charge is -2.02. The van der Waals surface area contributed by atoms with E-state index in [-0.39, 0.29) is 0 Å². The van der Waals surface area contributed by atoms with E-state index in [2.05, 4.69) is 46.5 Å². The number of nitrogens with zero attached hydrogens (tertiary/aromatic N) is 2. The zero-order chi connectivity index (χ0) is 11.0. The number of aromatic nitrogens is 2. The maximum absolute atomic E-state index is 4.38. The Morgan fingerprint density at radius 2 is 1.81 bits per heavy atom. The van der Waals surface area contributed by atoms with Crippen molar-refractivity contribution in [3.63, 3.8) is 0 Å². The Morgan fingerprint density at radius 1 is 1.00 bits per heavy atom. The minimum atomic E-state index is 1.02. The maximum Gasteiger partial charge on any atom is 0.116 e. The lowest BCUT2D eigenvalue weighted by atomic mass is 10.1. The summed E-state index contributed by atoms with van der Waals surface area (Å²) in [6.45, 7) is 2.09. The molecule has 3 rings (SSSR count). The van der Waals surface area contributed by atoms with E-state index in [0.29, 0.717) is 0 Å². The van der Waals surface area contributed by atoms with Gasteiger partial charge >= 0.3 is 0 Å². The van der Waals surface area contributed by atoms with Crippen molar-refractivity contribution in [2.24, 2.45) is 0 Å². The lowest BCUT2D eigenvalue weighted by Crippen LogP contribution is -1.85. The van der Waals surface area contributed by atoms with Crippen LogP contribution in [0.4, 0.5) is 0 Å². The molecule has 0 radical (unpaired) electrons. The van der Waals surface area contributed by atoms with Crippen molar-refractivity contribution >= 4 is 21.6 Å². The summed E-state index contributed by atoms with van der Waals surface area (Å²) in [4.78, 5) is 8.62. The molecule has 2 aromatic heterocycles. The molecule has 0 atom stereocenters. The third kappa shape index (κ3) is 1.49. The topological polar surface area (TPSA) is 25.8 Å². The van der Waals surface area contributed by atoms with Gasteiger partial charge in [-0.05, 0) is 18.4 Å². The van der Waals surface area contributed by atoms with Gasteiger partial charge in [0.25, 0.3) is 0 Å². The van der Waals surface area contributed by atoms with E-state index >= 15 is 0 Å². The fourth-order valence-electron chi connectivity index (χ4n) is 1.71. The number of hydrogen-bond acceptors (Lipinski definition) is 3. The van der Waals surface area contributed by atoms with Crippen LogP contribution in [0.15, 0.2) is 42.0 Å². The molecule has 0 fully saturated rings. The molecule has 3 heteroatoms. The molecule has 2 nitrogen and oxygen atoms in total. The molecule has 78 valence electrons. The molecule has 0 aliphatic heterocycles. The summed E-state index contributed by atoms with van der Waals surface area (Å²) in [5.41, 5.74) is 4.47. The van der Waals surface area contributed by atoms with Gasteiger partial charge in [-0.25, -0.2) is 9.97 Å².